The molecule has 1 aromatic heterocycles. The number of hydrogen-bond acceptors (Lipinski definition) is 2. The number of hydrogen-bond donors (Lipinski definition) is 1. The maximum atomic E-state index is 12.4. The van der Waals surface area contributed by atoms with E-state index >= 15 is 0 Å². The Labute approximate surface area is 143 Å². The van der Waals surface area contributed by atoms with E-state index in [-0.39, 0.29) is 11.4 Å². The van der Waals surface area contributed by atoms with Gasteiger partial charge in [-0.2, -0.15) is 0 Å². The van der Waals surface area contributed by atoms with Crippen LogP contribution in [-0.4, -0.2) is 23.6 Å². The highest BCUT2D eigenvalue weighted by molar-refractivity contribution is 5.94. The predicted octanol–water partition coefficient (Wildman–Crippen LogP) is 3.61. The molecule has 1 aliphatic heterocycles. The number of nitrogens with zero attached hydrogens (tertiary/aromatic N) is 1. The van der Waals surface area contributed by atoms with Gasteiger partial charge in [0.1, 0.15) is 5.75 Å². The van der Waals surface area contributed by atoms with Gasteiger partial charge in [0, 0.05) is 24.5 Å². The second kappa shape index (κ2) is 6.71. The summed E-state index contributed by atoms with van der Waals surface area (Å²) in [7, 11) is 0. The molecule has 128 valence electrons. The summed E-state index contributed by atoms with van der Waals surface area (Å²) in [4.78, 5) is 12.4. The molecule has 0 saturated heterocycles. The highest BCUT2D eigenvalue weighted by Gasteiger charge is 2.19. The van der Waals surface area contributed by atoms with Gasteiger partial charge in [-0.3, -0.25) is 4.79 Å². The van der Waals surface area contributed by atoms with Crippen molar-refractivity contribution in [3.05, 3.63) is 53.9 Å². The number of benzene rings is 1. The number of fused-ring (bicyclic) bond motifs is 1. The van der Waals surface area contributed by atoms with E-state index < -0.39 is 0 Å². The summed E-state index contributed by atoms with van der Waals surface area (Å²) in [6.07, 6.45) is 5.78. The lowest BCUT2D eigenvalue weighted by Crippen LogP contribution is -2.30. The van der Waals surface area contributed by atoms with Crippen LogP contribution >= 0.6 is 0 Å². The van der Waals surface area contributed by atoms with Crippen molar-refractivity contribution in [3.63, 3.8) is 0 Å². The Hall–Kier alpha value is -2.23. The second-order valence-electron chi connectivity index (χ2n) is 7.50. The minimum atomic E-state index is -0.0130. The number of para-hydroxylation sites is 1. The van der Waals surface area contributed by atoms with Gasteiger partial charge in [-0.15, -0.1) is 0 Å². The van der Waals surface area contributed by atoms with Crippen LogP contribution in [0.2, 0.25) is 0 Å². The molecule has 0 unspecified atom stereocenters. The van der Waals surface area contributed by atoms with Crippen molar-refractivity contribution in [2.45, 2.75) is 39.2 Å². The number of rotatable bonds is 3. The van der Waals surface area contributed by atoms with Crippen LogP contribution in [0.25, 0.3) is 0 Å². The van der Waals surface area contributed by atoms with Gasteiger partial charge in [0.15, 0.2) is 0 Å². The van der Waals surface area contributed by atoms with Gasteiger partial charge in [0.05, 0.1) is 12.2 Å². The highest BCUT2D eigenvalue weighted by Crippen LogP contribution is 2.26. The minimum Gasteiger partial charge on any atom is -0.493 e. The minimum absolute atomic E-state index is 0.00329. The van der Waals surface area contributed by atoms with Gasteiger partial charge in [0.2, 0.25) is 0 Å². The largest absolute Gasteiger partial charge is 0.493 e. The molecule has 0 saturated carbocycles. The number of amides is 1. The standard InChI is InChI=1S/C20H26N2O2/c1-20(2,3)22-10-8-17(14-22)19(23)21-13-15-9-11-24-18-7-5-4-6-16(18)12-15/h4-8,10,14-15H,9,11-13H2,1-3H3,(H,21,23)/t15-/m1/s1. The molecule has 0 fully saturated rings. The summed E-state index contributed by atoms with van der Waals surface area (Å²) in [5.74, 6) is 1.38. The first kappa shape index (κ1) is 16.6. The number of aromatic nitrogens is 1. The van der Waals surface area contributed by atoms with E-state index in [1.54, 1.807) is 0 Å². The van der Waals surface area contributed by atoms with Gasteiger partial charge in [-0.05, 0) is 57.2 Å². The summed E-state index contributed by atoms with van der Waals surface area (Å²) in [5.41, 5.74) is 1.93. The van der Waals surface area contributed by atoms with E-state index in [2.05, 4.69) is 36.7 Å². The normalized spacial score (nSPS) is 17.5. The maximum Gasteiger partial charge on any atom is 0.252 e. The Balaban J connectivity index is 1.59. The molecular formula is C20H26N2O2. The fourth-order valence-electron chi connectivity index (χ4n) is 3.02. The first-order valence-electron chi connectivity index (χ1n) is 8.61. The number of carbonyl (C=O) groups excluding carboxylic acids is 1. The Morgan fingerprint density at radius 1 is 1.29 bits per heavy atom. The van der Waals surface area contributed by atoms with Crippen LogP contribution in [0.15, 0.2) is 42.7 Å². The van der Waals surface area contributed by atoms with Crippen molar-refractivity contribution >= 4 is 5.91 Å². The smallest absolute Gasteiger partial charge is 0.252 e. The van der Waals surface area contributed by atoms with E-state index in [9.17, 15) is 4.79 Å². The van der Waals surface area contributed by atoms with Crippen molar-refractivity contribution in [2.24, 2.45) is 5.92 Å². The average molecular weight is 326 g/mol. The van der Waals surface area contributed by atoms with Crippen LogP contribution in [0.3, 0.4) is 0 Å². The molecule has 4 nitrogen and oxygen atoms in total. The summed E-state index contributed by atoms with van der Waals surface area (Å²) in [6, 6.07) is 10.1. The molecule has 1 amide bonds. The lowest BCUT2D eigenvalue weighted by molar-refractivity contribution is 0.0945. The van der Waals surface area contributed by atoms with E-state index in [0.717, 1.165) is 24.2 Å². The van der Waals surface area contributed by atoms with E-state index in [1.165, 1.54) is 5.56 Å². The quantitative estimate of drug-likeness (QED) is 0.936. The van der Waals surface area contributed by atoms with Crippen LogP contribution < -0.4 is 10.1 Å². The summed E-state index contributed by atoms with van der Waals surface area (Å²) < 4.78 is 7.86. The predicted molar refractivity (Wildman–Crippen MR) is 95.5 cm³/mol. The number of carbonyl (C=O) groups is 1. The van der Waals surface area contributed by atoms with Crippen molar-refractivity contribution < 1.29 is 9.53 Å². The van der Waals surface area contributed by atoms with Gasteiger partial charge >= 0.3 is 0 Å². The van der Waals surface area contributed by atoms with Crippen LogP contribution in [-0.2, 0) is 12.0 Å². The van der Waals surface area contributed by atoms with Gasteiger partial charge in [0.25, 0.3) is 5.91 Å². The molecule has 1 N–H and O–H groups in total. The Morgan fingerprint density at radius 2 is 2.08 bits per heavy atom. The summed E-state index contributed by atoms with van der Waals surface area (Å²) in [6.45, 7) is 7.75. The zero-order valence-corrected chi connectivity index (χ0v) is 14.7. The zero-order valence-electron chi connectivity index (χ0n) is 14.7. The molecule has 0 spiro atoms. The van der Waals surface area contributed by atoms with Gasteiger partial charge in [-0.25, -0.2) is 0 Å². The Kier molecular flexibility index (Phi) is 4.65. The molecule has 1 atom stereocenters. The molecule has 1 aliphatic rings. The molecule has 2 aromatic rings. The van der Waals surface area contributed by atoms with Crippen LogP contribution in [0.4, 0.5) is 0 Å². The molecule has 24 heavy (non-hydrogen) atoms. The first-order chi connectivity index (χ1) is 11.4. The van der Waals surface area contributed by atoms with Crippen molar-refractivity contribution in [3.8, 4) is 5.75 Å². The lowest BCUT2D eigenvalue weighted by Gasteiger charge is -2.20. The molecule has 4 heteroatoms. The van der Waals surface area contributed by atoms with E-state index in [4.69, 9.17) is 4.74 Å². The fraction of sp³-hybridized carbons (Fsp3) is 0.450. The second-order valence-corrected chi connectivity index (χ2v) is 7.50. The Morgan fingerprint density at radius 3 is 2.83 bits per heavy atom. The fourth-order valence-corrected chi connectivity index (χ4v) is 3.02. The van der Waals surface area contributed by atoms with Crippen LogP contribution in [0, 0.1) is 5.92 Å². The first-order valence-corrected chi connectivity index (χ1v) is 8.61. The molecule has 0 radical (unpaired) electrons. The zero-order chi connectivity index (χ0) is 17.2. The monoisotopic (exact) mass is 326 g/mol. The van der Waals surface area contributed by atoms with E-state index in [1.807, 2.05) is 36.7 Å². The molecule has 0 bridgehead atoms. The van der Waals surface area contributed by atoms with Gasteiger partial charge in [-0.1, -0.05) is 18.2 Å². The van der Waals surface area contributed by atoms with Crippen molar-refractivity contribution in [1.82, 2.24) is 9.88 Å². The van der Waals surface area contributed by atoms with Gasteiger partial charge < -0.3 is 14.6 Å². The third kappa shape index (κ3) is 3.81. The van der Waals surface area contributed by atoms with Crippen molar-refractivity contribution in [2.75, 3.05) is 13.2 Å². The Bertz CT molecular complexity index is 712. The SMILES string of the molecule is CC(C)(C)n1ccc(C(=O)NC[C@@H]2CCOc3ccccc3C2)c1. The maximum absolute atomic E-state index is 12.4. The van der Waals surface area contributed by atoms with Crippen molar-refractivity contribution in [1.29, 1.82) is 0 Å². The highest BCUT2D eigenvalue weighted by atomic mass is 16.5. The summed E-state index contributed by atoms with van der Waals surface area (Å²) >= 11 is 0. The lowest BCUT2D eigenvalue weighted by atomic mass is 9.97. The van der Waals surface area contributed by atoms with Crippen LogP contribution in [0.1, 0.15) is 43.1 Å². The number of nitrogens with one attached hydrogen (secondary N) is 1. The summed E-state index contributed by atoms with van der Waals surface area (Å²) in [5, 5.41) is 3.08. The molecule has 2 heterocycles. The molecule has 3 rings (SSSR count). The van der Waals surface area contributed by atoms with E-state index in [0.29, 0.717) is 19.1 Å². The average Bonchev–Trinajstić information content (AvgIpc) is 2.95. The molecule has 0 aliphatic carbocycles. The third-order valence-corrected chi connectivity index (χ3v) is 4.55. The molecular weight excluding hydrogens is 300 g/mol. The molecule has 1 aromatic carbocycles. The topological polar surface area (TPSA) is 43.3 Å². The van der Waals surface area contributed by atoms with Crippen LogP contribution in [0.5, 0.6) is 5.75 Å². The third-order valence-electron chi connectivity index (χ3n) is 4.55. The number of ether oxygens (including phenoxy) is 1.